The number of nitrogens with one attached hydrogen (secondary N) is 2. The smallest absolute Gasteiger partial charge is 0.228 e. The second-order valence-corrected chi connectivity index (χ2v) is 10.2. The zero-order valence-electron chi connectivity index (χ0n) is 20.8. The van der Waals surface area contributed by atoms with Gasteiger partial charge in [-0.2, -0.15) is 0 Å². The maximum absolute atomic E-state index is 13.4. The molecular formula is C30H32FN3O3. The number of nitrogens with zero attached hydrogens (tertiary/aromatic N) is 1. The first-order chi connectivity index (χ1) is 17.9. The van der Waals surface area contributed by atoms with Crippen LogP contribution in [0.2, 0.25) is 0 Å². The Hall–Kier alpha value is -3.71. The van der Waals surface area contributed by atoms with Crippen molar-refractivity contribution in [3.8, 4) is 5.75 Å². The third kappa shape index (κ3) is 6.35. The van der Waals surface area contributed by atoms with Gasteiger partial charge in [0.1, 0.15) is 11.6 Å². The average Bonchev–Trinajstić information content (AvgIpc) is 3.37. The Balaban J connectivity index is 1.28. The Bertz CT molecular complexity index is 1260. The van der Waals surface area contributed by atoms with E-state index in [1.165, 1.54) is 23.3 Å². The lowest BCUT2D eigenvalue weighted by atomic mass is 9.87. The molecule has 192 valence electrons. The van der Waals surface area contributed by atoms with Crippen molar-refractivity contribution in [3.63, 3.8) is 0 Å². The highest BCUT2D eigenvalue weighted by Crippen LogP contribution is 2.28. The number of hydrogen-bond donors (Lipinski definition) is 3. The molecule has 2 aliphatic rings. The van der Waals surface area contributed by atoms with Crippen LogP contribution < -0.4 is 10.6 Å². The van der Waals surface area contributed by atoms with Crippen LogP contribution in [0.15, 0.2) is 66.7 Å². The first-order valence-electron chi connectivity index (χ1n) is 12.9. The van der Waals surface area contributed by atoms with Crippen molar-refractivity contribution in [3.05, 3.63) is 94.8 Å². The van der Waals surface area contributed by atoms with Crippen molar-refractivity contribution >= 4 is 17.5 Å². The van der Waals surface area contributed by atoms with E-state index in [-0.39, 0.29) is 35.2 Å². The first kappa shape index (κ1) is 25.0. The fraction of sp³-hybridized carbons (Fsp3) is 0.333. The number of fused-ring (bicyclic) bond motifs is 1. The van der Waals surface area contributed by atoms with Gasteiger partial charge in [0.25, 0.3) is 0 Å². The molecule has 0 saturated carbocycles. The van der Waals surface area contributed by atoms with Crippen molar-refractivity contribution in [2.75, 3.05) is 18.4 Å². The standard InChI is InChI=1S/C30H32FN3O3/c31-26-9-4-20(5-10-26)16-32-29(36)24-14-25(19-34(18-24)17-21-6-12-28(35)13-7-21)30(37)33-27-11-8-22-2-1-3-23(22)15-27/h4-13,15,24-25,35H,1-3,14,16-19H2,(H,32,36)(H,33,37)/t24-,25+/m0/s1. The van der Waals surface area contributed by atoms with Gasteiger partial charge in [0.2, 0.25) is 11.8 Å². The number of likely N-dealkylation sites (tertiary alicyclic amines) is 1. The second-order valence-electron chi connectivity index (χ2n) is 10.2. The minimum absolute atomic E-state index is 0.0790. The molecular weight excluding hydrogens is 469 g/mol. The summed E-state index contributed by atoms with van der Waals surface area (Å²) in [4.78, 5) is 28.6. The zero-order valence-corrected chi connectivity index (χ0v) is 20.8. The molecule has 1 heterocycles. The van der Waals surface area contributed by atoms with Crippen LogP contribution in [0.4, 0.5) is 10.1 Å². The Morgan fingerprint density at radius 1 is 0.865 bits per heavy atom. The van der Waals surface area contributed by atoms with Crippen LogP contribution in [0, 0.1) is 17.7 Å². The summed E-state index contributed by atoms with van der Waals surface area (Å²) in [6.45, 7) is 1.95. The molecule has 0 unspecified atom stereocenters. The Kier molecular flexibility index (Phi) is 7.51. The molecule has 0 aromatic heterocycles. The molecule has 0 bridgehead atoms. The lowest BCUT2D eigenvalue weighted by Gasteiger charge is -2.36. The van der Waals surface area contributed by atoms with E-state index in [1.807, 2.05) is 18.2 Å². The van der Waals surface area contributed by atoms with Gasteiger partial charge in [0, 0.05) is 31.9 Å². The summed E-state index contributed by atoms with van der Waals surface area (Å²) in [6, 6.07) is 19.2. The van der Waals surface area contributed by atoms with E-state index in [1.54, 1.807) is 24.3 Å². The molecule has 6 nitrogen and oxygen atoms in total. The van der Waals surface area contributed by atoms with E-state index in [4.69, 9.17) is 0 Å². The Morgan fingerprint density at radius 3 is 2.30 bits per heavy atom. The van der Waals surface area contributed by atoms with Crippen molar-refractivity contribution < 1.29 is 19.1 Å². The van der Waals surface area contributed by atoms with Crippen LogP contribution in [0.25, 0.3) is 0 Å². The van der Waals surface area contributed by atoms with Crippen LogP contribution in [0.5, 0.6) is 5.75 Å². The molecule has 3 N–H and O–H groups in total. The number of hydrogen-bond acceptors (Lipinski definition) is 4. The van der Waals surface area contributed by atoms with Gasteiger partial charge in [-0.05, 0) is 84.3 Å². The van der Waals surface area contributed by atoms with E-state index >= 15 is 0 Å². The molecule has 2 atom stereocenters. The van der Waals surface area contributed by atoms with E-state index < -0.39 is 0 Å². The second kappa shape index (κ2) is 11.1. The highest BCUT2D eigenvalue weighted by Gasteiger charge is 2.35. The molecule has 1 fully saturated rings. The number of rotatable bonds is 7. The van der Waals surface area contributed by atoms with E-state index in [9.17, 15) is 19.1 Å². The highest BCUT2D eigenvalue weighted by molar-refractivity contribution is 5.93. The summed E-state index contributed by atoms with van der Waals surface area (Å²) in [5, 5.41) is 15.7. The molecule has 2 amide bonds. The maximum Gasteiger partial charge on any atom is 0.228 e. The molecule has 3 aromatic rings. The van der Waals surface area contributed by atoms with Crippen LogP contribution in [-0.2, 0) is 35.5 Å². The summed E-state index contributed by atoms with van der Waals surface area (Å²) >= 11 is 0. The SMILES string of the molecule is O=C(NCc1ccc(F)cc1)[C@H]1C[C@@H](C(=O)Nc2ccc3c(c2)CCC3)CN(Cc2ccc(O)cc2)C1. The Morgan fingerprint density at radius 2 is 1.54 bits per heavy atom. The molecule has 5 rings (SSSR count). The van der Waals surface area contributed by atoms with Crippen LogP contribution in [0.3, 0.4) is 0 Å². The van der Waals surface area contributed by atoms with Crippen LogP contribution in [0.1, 0.15) is 35.1 Å². The summed E-state index contributed by atoms with van der Waals surface area (Å²) in [5.41, 5.74) is 5.28. The number of anilines is 1. The van der Waals surface area contributed by atoms with Gasteiger partial charge in [-0.15, -0.1) is 0 Å². The van der Waals surface area contributed by atoms with Gasteiger partial charge in [-0.3, -0.25) is 14.5 Å². The third-order valence-corrected chi connectivity index (χ3v) is 7.36. The number of aromatic hydroxyl groups is 1. The number of phenolic OH excluding ortho intramolecular Hbond substituents is 1. The lowest BCUT2D eigenvalue weighted by molar-refractivity contribution is -0.130. The number of benzene rings is 3. The van der Waals surface area contributed by atoms with E-state index in [2.05, 4.69) is 27.7 Å². The lowest BCUT2D eigenvalue weighted by Crippen LogP contribution is -2.48. The Labute approximate surface area is 216 Å². The third-order valence-electron chi connectivity index (χ3n) is 7.36. The first-order valence-corrected chi connectivity index (χ1v) is 12.9. The van der Waals surface area contributed by atoms with Crippen LogP contribution in [-0.4, -0.2) is 34.9 Å². The molecule has 1 aliphatic carbocycles. The number of halogens is 1. The normalized spacial score (nSPS) is 19.3. The van der Waals surface area contributed by atoms with Crippen molar-refractivity contribution in [2.24, 2.45) is 11.8 Å². The largest absolute Gasteiger partial charge is 0.508 e. The monoisotopic (exact) mass is 501 g/mol. The molecule has 1 saturated heterocycles. The number of phenols is 1. The number of carbonyl (C=O) groups is 2. The summed E-state index contributed by atoms with van der Waals surface area (Å²) in [7, 11) is 0. The highest BCUT2D eigenvalue weighted by atomic mass is 19.1. The van der Waals surface area contributed by atoms with Gasteiger partial charge < -0.3 is 15.7 Å². The van der Waals surface area contributed by atoms with Gasteiger partial charge in [0.05, 0.1) is 11.8 Å². The molecule has 3 aromatic carbocycles. The molecule has 1 aliphatic heterocycles. The summed E-state index contributed by atoms with van der Waals surface area (Å²) in [5.74, 6) is -1.01. The number of piperidine rings is 1. The maximum atomic E-state index is 13.4. The predicted molar refractivity (Wildman–Crippen MR) is 140 cm³/mol. The fourth-order valence-corrected chi connectivity index (χ4v) is 5.39. The van der Waals surface area contributed by atoms with E-state index in [0.717, 1.165) is 36.1 Å². The number of carbonyl (C=O) groups excluding carboxylic acids is 2. The topological polar surface area (TPSA) is 81.7 Å². The minimum atomic E-state index is -0.359. The summed E-state index contributed by atoms with van der Waals surface area (Å²) < 4.78 is 13.2. The van der Waals surface area contributed by atoms with Gasteiger partial charge in [-0.1, -0.05) is 30.3 Å². The van der Waals surface area contributed by atoms with Crippen molar-refractivity contribution in [1.82, 2.24) is 10.2 Å². The molecule has 37 heavy (non-hydrogen) atoms. The van der Waals surface area contributed by atoms with Crippen LogP contribution >= 0.6 is 0 Å². The number of amides is 2. The minimum Gasteiger partial charge on any atom is -0.508 e. The quantitative estimate of drug-likeness (QED) is 0.448. The molecule has 7 heteroatoms. The number of aryl methyl sites for hydroxylation is 2. The van der Waals surface area contributed by atoms with Gasteiger partial charge in [-0.25, -0.2) is 4.39 Å². The van der Waals surface area contributed by atoms with Crippen molar-refractivity contribution in [2.45, 2.75) is 38.8 Å². The molecule has 0 radical (unpaired) electrons. The van der Waals surface area contributed by atoms with Gasteiger partial charge in [0.15, 0.2) is 0 Å². The predicted octanol–water partition coefficient (Wildman–Crippen LogP) is 4.41. The van der Waals surface area contributed by atoms with E-state index in [0.29, 0.717) is 32.6 Å². The molecule has 0 spiro atoms. The average molecular weight is 502 g/mol. The summed E-state index contributed by atoms with van der Waals surface area (Å²) in [6.07, 6.45) is 3.74. The van der Waals surface area contributed by atoms with Gasteiger partial charge >= 0.3 is 0 Å². The fourth-order valence-electron chi connectivity index (χ4n) is 5.39. The zero-order chi connectivity index (χ0) is 25.8. The van der Waals surface area contributed by atoms with Crippen molar-refractivity contribution in [1.29, 1.82) is 0 Å².